The Morgan fingerprint density at radius 2 is 1.45 bits per heavy atom. The molecule has 56 valence electrons. The van der Waals surface area contributed by atoms with Crippen LogP contribution in [0.5, 0.6) is 0 Å². The SMILES string of the molecule is Cc1nnc(C)c2cscc12. The predicted molar refractivity (Wildman–Crippen MR) is 46.9 cm³/mol. The molecule has 0 atom stereocenters. The van der Waals surface area contributed by atoms with Gasteiger partial charge in [0, 0.05) is 21.5 Å². The van der Waals surface area contributed by atoms with E-state index >= 15 is 0 Å². The Morgan fingerprint density at radius 1 is 1.00 bits per heavy atom. The Morgan fingerprint density at radius 3 is 1.91 bits per heavy atom. The fraction of sp³-hybridized carbons (Fsp3) is 0.250. The van der Waals surface area contributed by atoms with Crippen LogP contribution in [-0.2, 0) is 0 Å². The molecule has 0 amide bonds. The van der Waals surface area contributed by atoms with Gasteiger partial charge < -0.3 is 0 Å². The second-order valence-electron chi connectivity index (χ2n) is 2.57. The van der Waals surface area contributed by atoms with Crippen molar-refractivity contribution in [2.24, 2.45) is 0 Å². The van der Waals surface area contributed by atoms with E-state index < -0.39 is 0 Å². The van der Waals surface area contributed by atoms with E-state index in [1.165, 1.54) is 10.8 Å². The smallest absolute Gasteiger partial charge is 0.0686 e. The summed E-state index contributed by atoms with van der Waals surface area (Å²) in [6, 6.07) is 0. The first-order chi connectivity index (χ1) is 5.29. The van der Waals surface area contributed by atoms with E-state index in [4.69, 9.17) is 0 Å². The monoisotopic (exact) mass is 164 g/mol. The molecule has 3 heteroatoms. The topological polar surface area (TPSA) is 25.8 Å². The molecule has 2 heterocycles. The van der Waals surface area contributed by atoms with Gasteiger partial charge in [-0.2, -0.15) is 21.5 Å². The Bertz CT molecular complexity index is 356. The maximum atomic E-state index is 4.04. The number of hydrogen-bond donors (Lipinski definition) is 0. The molecule has 2 aromatic heterocycles. The highest BCUT2D eigenvalue weighted by Crippen LogP contribution is 2.22. The third-order valence-electron chi connectivity index (χ3n) is 1.79. The second kappa shape index (κ2) is 2.27. The average Bonchev–Trinajstić information content (AvgIpc) is 2.45. The highest BCUT2D eigenvalue weighted by atomic mass is 32.1. The summed E-state index contributed by atoms with van der Waals surface area (Å²) >= 11 is 1.70. The van der Waals surface area contributed by atoms with Crippen LogP contribution in [0.3, 0.4) is 0 Å². The van der Waals surface area contributed by atoms with Crippen molar-refractivity contribution in [3.8, 4) is 0 Å². The minimum absolute atomic E-state index is 1.02. The minimum atomic E-state index is 1.02. The van der Waals surface area contributed by atoms with Gasteiger partial charge in [0.15, 0.2) is 0 Å². The molecule has 0 radical (unpaired) electrons. The van der Waals surface area contributed by atoms with Crippen LogP contribution in [-0.4, -0.2) is 10.2 Å². The molecule has 0 aliphatic rings. The number of fused-ring (bicyclic) bond motifs is 1. The molecule has 0 bridgehead atoms. The summed E-state index contributed by atoms with van der Waals surface area (Å²) in [6.45, 7) is 3.98. The lowest BCUT2D eigenvalue weighted by molar-refractivity contribution is 0.966. The molecule has 11 heavy (non-hydrogen) atoms. The molecule has 0 aliphatic carbocycles. The summed E-state index contributed by atoms with van der Waals surface area (Å²) in [4.78, 5) is 0. The highest BCUT2D eigenvalue weighted by Gasteiger charge is 2.02. The zero-order valence-corrected chi connectivity index (χ0v) is 7.27. The van der Waals surface area contributed by atoms with Crippen LogP contribution < -0.4 is 0 Å². The van der Waals surface area contributed by atoms with E-state index in [1.54, 1.807) is 11.3 Å². The number of aryl methyl sites for hydroxylation is 2. The zero-order valence-electron chi connectivity index (χ0n) is 6.46. The van der Waals surface area contributed by atoms with Gasteiger partial charge in [0.2, 0.25) is 0 Å². The van der Waals surface area contributed by atoms with Crippen molar-refractivity contribution in [2.45, 2.75) is 13.8 Å². The Kier molecular flexibility index (Phi) is 1.39. The molecule has 0 saturated carbocycles. The first kappa shape index (κ1) is 6.73. The predicted octanol–water partition coefficient (Wildman–Crippen LogP) is 2.31. The summed E-state index contributed by atoms with van der Waals surface area (Å²) in [5.74, 6) is 0. The van der Waals surface area contributed by atoms with Crippen LogP contribution in [0.25, 0.3) is 10.8 Å². The summed E-state index contributed by atoms with van der Waals surface area (Å²) in [5.41, 5.74) is 2.04. The minimum Gasteiger partial charge on any atom is -0.155 e. The van der Waals surface area contributed by atoms with Crippen LogP contribution in [0.1, 0.15) is 11.4 Å². The maximum absolute atomic E-state index is 4.04. The van der Waals surface area contributed by atoms with E-state index in [1.807, 2.05) is 13.8 Å². The van der Waals surface area contributed by atoms with Crippen LogP contribution in [0, 0.1) is 13.8 Å². The summed E-state index contributed by atoms with van der Waals surface area (Å²) in [5, 5.41) is 14.8. The van der Waals surface area contributed by atoms with Crippen LogP contribution in [0.15, 0.2) is 10.8 Å². The lowest BCUT2D eigenvalue weighted by atomic mass is 10.2. The van der Waals surface area contributed by atoms with Gasteiger partial charge in [-0.25, -0.2) is 0 Å². The molecule has 0 N–H and O–H groups in total. The summed E-state index contributed by atoms with van der Waals surface area (Å²) in [6.07, 6.45) is 0. The van der Waals surface area contributed by atoms with Gasteiger partial charge in [-0.3, -0.25) is 0 Å². The van der Waals surface area contributed by atoms with E-state index in [9.17, 15) is 0 Å². The van der Waals surface area contributed by atoms with Crippen LogP contribution in [0.2, 0.25) is 0 Å². The second-order valence-corrected chi connectivity index (χ2v) is 3.31. The number of hydrogen-bond acceptors (Lipinski definition) is 3. The van der Waals surface area contributed by atoms with Crippen molar-refractivity contribution < 1.29 is 0 Å². The van der Waals surface area contributed by atoms with Gasteiger partial charge in [-0.05, 0) is 13.8 Å². The first-order valence-electron chi connectivity index (χ1n) is 3.45. The van der Waals surface area contributed by atoms with Crippen LogP contribution in [0.4, 0.5) is 0 Å². The van der Waals surface area contributed by atoms with Gasteiger partial charge >= 0.3 is 0 Å². The molecule has 0 saturated heterocycles. The summed E-state index contributed by atoms with van der Waals surface area (Å²) in [7, 11) is 0. The van der Waals surface area contributed by atoms with Gasteiger partial charge in [-0.15, -0.1) is 0 Å². The fourth-order valence-corrected chi connectivity index (χ4v) is 2.05. The average molecular weight is 164 g/mol. The maximum Gasteiger partial charge on any atom is 0.0686 e. The van der Waals surface area contributed by atoms with Crippen molar-refractivity contribution in [3.63, 3.8) is 0 Å². The molecule has 2 rings (SSSR count). The van der Waals surface area contributed by atoms with Gasteiger partial charge in [0.25, 0.3) is 0 Å². The molecular weight excluding hydrogens is 156 g/mol. The van der Waals surface area contributed by atoms with Crippen molar-refractivity contribution in [3.05, 3.63) is 22.1 Å². The zero-order chi connectivity index (χ0) is 7.84. The van der Waals surface area contributed by atoms with E-state index in [0.29, 0.717) is 0 Å². The molecule has 2 nitrogen and oxygen atoms in total. The van der Waals surface area contributed by atoms with Crippen molar-refractivity contribution in [1.82, 2.24) is 10.2 Å². The van der Waals surface area contributed by atoms with Gasteiger partial charge in [-0.1, -0.05) is 0 Å². The standard InChI is InChI=1S/C8H8N2S/c1-5-7-3-11-4-8(7)6(2)10-9-5/h3-4H,1-2H3. The van der Waals surface area contributed by atoms with Crippen LogP contribution >= 0.6 is 11.3 Å². The highest BCUT2D eigenvalue weighted by molar-refractivity contribution is 7.09. The third kappa shape index (κ3) is 0.922. The van der Waals surface area contributed by atoms with E-state index in [2.05, 4.69) is 21.0 Å². The number of aromatic nitrogens is 2. The fourth-order valence-electron chi connectivity index (χ4n) is 1.12. The molecule has 0 fully saturated rings. The molecule has 0 aromatic carbocycles. The number of thiophene rings is 1. The normalized spacial score (nSPS) is 10.7. The van der Waals surface area contributed by atoms with Crippen molar-refractivity contribution in [1.29, 1.82) is 0 Å². The Hall–Kier alpha value is -0.960. The van der Waals surface area contributed by atoms with Crippen molar-refractivity contribution >= 4 is 22.1 Å². The third-order valence-corrected chi connectivity index (χ3v) is 2.54. The number of nitrogens with zero attached hydrogens (tertiary/aromatic N) is 2. The quantitative estimate of drug-likeness (QED) is 0.597. The van der Waals surface area contributed by atoms with Gasteiger partial charge in [0.1, 0.15) is 0 Å². The lowest BCUT2D eigenvalue weighted by Crippen LogP contribution is -1.89. The molecule has 0 spiro atoms. The summed E-state index contributed by atoms with van der Waals surface area (Å²) < 4.78 is 0. The first-order valence-corrected chi connectivity index (χ1v) is 4.39. The van der Waals surface area contributed by atoms with E-state index in [0.717, 1.165) is 11.4 Å². The lowest BCUT2D eigenvalue weighted by Gasteiger charge is -1.95. The number of rotatable bonds is 0. The largest absolute Gasteiger partial charge is 0.155 e. The van der Waals surface area contributed by atoms with Crippen molar-refractivity contribution in [2.75, 3.05) is 0 Å². The van der Waals surface area contributed by atoms with E-state index in [-0.39, 0.29) is 0 Å². The van der Waals surface area contributed by atoms with Gasteiger partial charge in [0.05, 0.1) is 11.4 Å². The molecule has 2 aromatic rings. The Labute approximate surface area is 68.9 Å². The Balaban J connectivity index is 2.96. The molecular formula is C8H8N2S. The molecule has 0 aliphatic heterocycles. The molecule has 0 unspecified atom stereocenters.